The van der Waals surface area contributed by atoms with Crippen molar-refractivity contribution in [1.82, 2.24) is 16.0 Å². The first kappa shape index (κ1) is 13.8. The maximum atomic E-state index is 11.6. The lowest BCUT2D eigenvalue weighted by Crippen LogP contribution is -2.51. The quantitative estimate of drug-likeness (QED) is 0.691. The van der Waals surface area contributed by atoms with Crippen LogP contribution in [0.2, 0.25) is 0 Å². The Labute approximate surface area is 103 Å². The average Bonchev–Trinajstić information content (AvgIpc) is 2.68. The number of nitrogens with one attached hydrogen (secondary N) is 3. The van der Waals surface area contributed by atoms with Crippen LogP contribution in [0.4, 0.5) is 4.79 Å². The topological polar surface area (TPSA) is 70.2 Å². The Morgan fingerprint density at radius 3 is 2.18 bits per heavy atom. The van der Waals surface area contributed by atoms with Gasteiger partial charge in [-0.1, -0.05) is 12.8 Å². The number of amides is 3. The Bertz CT molecular complexity index is 273. The highest BCUT2D eigenvalue weighted by Gasteiger charge is 2.20. The molecule has 3 N–H and O–H groups in total. The predicted octanol–water partition coefficient (Wildman–Crippen LogP) is 1.14. The monoisotopic (exact) mass is 241 g/mol. The average molecular weight is 241 g/mol. The molecular weight excluding hydrogens is 218 g/mol. The third-order valence-electron chi connectivity index (χ3n) is 2.86. The van der Waals surface area contributed by atoms with Gasteiger partial charge < -0.3 is 16.0 Å². The van der Waals surface area contributed by atoms with Gasteiger partial charge in [0.05, 0.1) is 0 Å². The lowest BCUT2D eigenvalue weighted by atomic mass is 10.2. The zero-order chi connectivity index (χ0) is 12.8. The van der Waals surface area contributed by atoms with Gasteiger partial charge in [0.2, 0.25) is 5.91 Å². The molecule has 17 heavy (non-hydrogen) atoms. The Morgan fingerprint density at radius 1 is 1.06 bits per heavy atom. The van der Waals surface area contributed by atoms with Gasteiger partial charge in [0.1, 0.15) is 6.04 Å². The van der Waals surface area contributed by atoms with Gasteiger partial charge in [-0.15, -0.1) is 0 Å². The molecule has 98 valence electrons. The summed E-state index contributed by atoms with van der Waals surface area (Å²) >= 11 is 0. The molecule has 0 aliphatic heterocycles. The Balaban J connectivity index is 2.26. The molecule has 1 rings (SSSR count). The fourth-order valence-corrected chi connectivity index (χ4v) is 1.97. The Morgan fingerprint density at radius 2 is 1.65 bits per heavy atom. The van der Waals surface area contributed by atoms with E-state index in [-0.39, 0.29) is 24.0 Å². The maximum absolute atomic E-state index is 11.6. The van der Waals surface area contributed by atoms with Crippen LogP contribution in [0.1, 0.15) is 46.5 Å². The van der Waals surface area contributed by atoms with Crippen LogP contribution < -0.4 is 16.0 Å². The van der Waals surface area contributed by atoms with E-state index in [0.717, 1.165) is 12.8 Å². The van der Waals surface area contributed by atoms with Crippen LogP contribution in [0.25, 0.3) is 0 Å². The van der Waals surface area contributed by atoms with E-state index in [1.165, 1.54) is 12.8 Å². The summed E-state index contributed by atoms with van der Waals surface area (Å²) in [6.45, 7) is 5.47. The number of hydrogen-bond donors (Lipinski definition) is 3. The third kappa shape index (κ3) is 5.06. The molecule has 5 heteroatoms. The van der Waals surface area contributed by atoms with Crippen LogP contribution in [0, 0.1) is 0 Å². The minimum absolute atomic E-state index is 0.0876. The van der Waals surface area contributed by atoms with Crippen LogP contribution in [-0.4, -0.2) is 30.1 Å². The standard InChI is InChI=1S/C12H23N3O2/c1-8(2)13-11(16)9(3)14-12(17)15-10-6-4-5-7-10/h8-10H,4-7H2,1-3H3,(H,13,16)(H2,14,15,17). The Kier molecular flexibility index (Phi) is 5.25. The molecule has 1 fully saturated rings. The number of hydrogen-bond acceptors (Lipinski definition) is 2. The molecule has 1 unspecified atom stereocenters. The zero-order valence-electron chi connectivity index (χ0n) is 10.9. The van der Waals surface area contributed by atoms with Gasteiger partial charge >= 0.3 is 6.03 Å². The predicted molar refractivity (Wildman–Crippen MR) is 66.7 cm³/mol. The normalized spacial score (nSPS) is 17.9. The van der Waals surface area contributed by atoms with E-state index in [9.17, 15) is 9.59 Å². The molecule has 0 saturated heterocycles. The SMILES string of the molecule is CC(C)NC(=O)C(C)NC(=O)NC1CCCC1. The van der Waals surface area contributed by atoms with Gasteiger partial charge in [-0.05, 0) is 33.6 Å². The van der Waals surface area contributed by atoms with Crippen molar-refractivity contribution in [2.75, 3.05) is 0 Å². The third-order valence-corrected chi connectivity index (χ3v) is 2.86. The second-order valence-electron chi connectivity index (χ2n) is 4.98. The summed E-state index contributed by atoms with van der Waals surface area (Å²) in [5.41, 5.74) is 0. The van der Waals surface area contributed by atoms with Crippen LogP contribution in [0.5, 0.6) is 0 Å². The van der Waals surface area contributed by atoms with E-state index < -0.39 is 6.04 Å². The molecule has 1 saturated carbocycles. The fraction of sp³-hybridized carbons (Fsp3) is 0.833. The van der Waals surface area contributed by atoms with E-state index in [1.807, 2.05) is 13.8 Å². The van der Waals surface area contributed by atoms with Gasteiger partial charge in [-0.3, -0.25) is 4.79 Å². The highest BCUT2D eigenvalue weighted by Crippen LogP contribution is 2.17. The molecule has 5 nitrogen and oxygen atoms in total. The maximum Gasteiger partial charge on any atom is 0.315 e. The summed E-state index contributed by atoms with van der Waals surface area (Å²) in [5.74, 6) is -0.151. The molecule has 0 aromatic rings. The molecule has 1 aliphatic carbocycles. The van der Waals surface area contributed by atoms with Crippen molar-refractivity contribution in [3.05, 3.63) is 0 Å². The summed E-state index contributed by atoms with van der Waals surface area (Å²) in [7, 11) is 0. The number of carbonyl (C=O) groups excluding carboxylic acids is 2. The second-order valence-corrected chi connectivity index (χ2v) is 4.98. The van der Waals surface area contributed by atoms with Gasteiger partial charge in [0.15, 0.2) is 0 Å². The minimum Gasteiger partial charge on any atom is -0.352 e. The molecule has 1 atom stereocenters. The van der Waals surface area contributed by atoms with Crippen LogP contribution in [-0.2, 0) is 4.79 Å². The summed E-state index contributed by atoms with van der Waals surface area (Å²) in [5, 5.41) is 8.30. The van der Waals surface area contributed by atoms with Crippen molar-refractivity contribution in [3.8, 4) is 0 Å². The van der Waals surface area contributed by atoms with Crippen molar-refractivity contribution >= 4 is 11.9 Å². The molecule has 0 heterocycles. The van der Waals surface area contributed by atoms with Crippen LogP contribution in [0.15, 0.2) is 0 Å². The summed E-state index contributed by atoms with van der Waals surface area (Å²) < 4.78 is 0. The molecular formula is C12H23N3O2. The van der Waals surface area contributed by atoms with Gasteiger partial charge in [0.25, 0.3) is 0 Å². The van der Waals surface area contributed by atoms with E-state index in [0.29, 0.717) is 0 Å². The number of rotatable bonds is 4. The molecule has 1 aliphatic rings. The van der Waals surface area contributed by atoms with E-state index in [1.54, 1.807) is 6.92 Å². The van der Waals surface area contributed by atoms with Crippen molar-refractivity contribution in [1.29, 1.82) is 0 Å². The van der Waals surface area contributed by atoms with Crippen molar-refractivity contribution in [3.63, 3.8) is 0 Å². The number of carbonyl (C=O) groups is 2. The fourth-order valence-electron chi connectivity index (χ4n) is 1.97. The van der Waals surface area contributed by atoms with Gasteiger partial charge in [-0.25, -0.2) is 4.79 Å². The highest BCUT2D eigenvalue weighted by molar-refractivity contribution is 5.86. The largest absolute Gasteiger partial charge is 0.352 e. The Hall–Kier alpha value is -1.26. The molecule has 3 amide bonds. The van der Waals surface area contributed by atoms with Crippen molar-refractivity contribution in [2.24, 2.45) is 0 Å². The number of urea groups is 1. The van der Waals surface area contributed by atoms with E-state index in [2.05, 4.69) is 16.0 Å². The first-order chi connectivity index (χ1) is 7.99. The molecule has 0 bridgehead atoms. The summed E-state index contributed by atoms with van der Waals surface area (Å²) in [6.07, 6.45) is 4.43. The van der Waals surface area contributed by atoms with E-state index in [4.69, 9.17) is 0 Å². The first-order valence-corrected chi connectivity index (χ1v) is 6.36. The highest BCUT2D eigenvalue weighted by atomic mass is 16.2. The lowest BCUT2D eigenvalue weighted by Gasteiger charge is -2.18. The van der Waals surface area contributed by atoms with Crippen molar-refractivity contribution < 1.29 is 9.59 Å². The van der Waals surface area contributed by atoms with Crippen LogP contribution in [0.3, 0.4) is 0 Å². The molecule has 0 radical (unpaired) electrons. The van der Waals surface area contributed by atoms with Gasteiger partial charge in [-0.2, -0.15) is 0 Å². The van der Waals surface area contributed by atoms with Crippen LogP contribution >= 0.6 is 0 Å². The zero-order valence-corrected chi connectivity index (χ0v) is 10.9. The molecule has 0 aromatic heterocycles. The smallest absolute Gasteiger partial charge is 0.315 e. The van der Waals surface area contributed by atoms with Crippen molar-refractivity contribution in [2.45, 2.75) is 64.6 Å². The summed E-state index contributed by atoms with van der Waals surface area (Å²) in [4.78, 5) is 23.2. The molecule has 0 aromatic carbocycles. The molecule has 0 spiro atoms. The second kappa shape index (κ2) is 6.47. The van der Waals surface area contributed by atoms with E-state index >= 15 is 0 Å². The summed E-state index contributed by atoms with van der Waals surface area (Å²) in [6, 6.07) is -0.387. The van der Waals surface area contributed by atoms with Gasteiger partial charge in [0, 0.05) is 12.1 Å². The minimum atomic E-state index is -0.501. The first-order valence-electron chi connectivity index (χ1n) is 6.36. The lowest BCUT2D eigenvalue weighted by molar-refractivity contribution is -0.123.